The van der Waals surface area contributed by atoms with E-state index in [-0.39, 0.29) is 17.0 Å². The molecule has 2 aromatic heterocycles. The van der Waals surface area contributed by atoms with Crippen molar-refractivity contribution in [2.45, 2.75) is 50.0 Å². The normalized spacial score (nSPS) is 18.9. The smallest absolute Gasteiger partial charge is 0.411 e. The molecule has 0 radical (unpaired) electrons. The summed E-state index contributed by atoms with van der Waals surface area (Å²) in [6.45, 7) is 5.70. The standard InChI is InChI=1S/C19H24N6O3S2/c1-19(2,3)28-18(27)24-9-12(30)8-15(24)25(11-26)17-22-14(10-29)21-16(23-17)13-6-4-5-7-20-13/h4-7,11-12,15,29-30H,8-10H2,1-3H3/t12-,15+/m0/s1. The van der Waals surface area contributed by atoms with Gasteiger partial charge < -0.3 is 4.74 Å². The van der Waals surface area contributed by atoms with Crippen LogP contribution in [-0.4, -0.2) is 60.9 Å². The Kier molecular flexibility index (Phi) is 6.81. The van der Waals surface area contributed by atoms with Crippen molar-refractivity contribution in [3.63, 3.8) is 0 Å². The molecular weight excluding hydrogens is 424 g/mol. The van der Waals surface area contributed by atoms with E-state index < -0.39 is 17.9 Å². The van der Waals surface area contributed by atoms with E-state index in [0.717, 1.165) is 0 Å². The molecule has 30 heavy (non-hydrogen) atoms. The Morgan fingerprint density at radius 2 is 2.10 bits per heavy atom. The molecular formula is C19H24N6O3S2. The van der Waals surface area contributed by atoms with Crippen LogP contribution in [0.4, 0.5) is 10.7 Å². The van der Waals surface area contributed by atoms with Crippen LogP contribution in [0.2, 0.25) is 0 Å². The number of nitrogens with zero attached hydrogens (tertiary/aromatic N) is 6. The summed E-state index contributed by atoms with van der Waals surface area (Å²) in [5.74, 6) is 1.07. The molecule has 0 saturated carbocycles. The molecule has 1 saturated heterocycles. The fourth-order valence-corrected chi connectivity index (χ4v) is 3.53. The molecule has 0 aliphatic carbocycles. The first-order chi connectivity index (χ1) is 14.2. The van der Waals surface area contributed by atoms with Gasteiger partial charge in [0.05, 0.1) is 5.75 Å². The maximum absolute atomic E-state index is 12.7. The summed E-state index contributed by atoms with van der Waals surface area (Å²) < 4.78 is 5.50. The van der Waals surface area contributed by atoms with Crippen LogP contribution in [0.3, 0.4) is 0 Å². The third-order valence-corrected chi connectivity index (χ3v) is 4.91. The molecule has 0 unspecified atom stereocenters. The summed E-state index contributed by atoms with van der Waals surface area (Å²) in [4.78, 5) is 45.0. The summed E-state index contributed by atoms with van der Waals surface area (Å²) in [7, 11) is 0. The number of anilines is 1. The first kappa shape index (κ1) is 22.3. The SMILES string of the molecule is CC(C)(C)OC(=O)N1C[C@@H](S)C[C@H]1N(C=O)c1nc(CS)nc(-c2ccccn2)n1. The number of likely N-dealkylation sites (tertiary alicyclic amines) is 1. The highest BCUT2D eigenvalue weighted by Gasteiger charge is 2.41. The quantitative estimate of drug-likeness (QED) is 0.535. The van der Waals surface area contributed by atoms with Gasteiger partial charge in [-0.05, 0) is 32.9 Å². The number of carbonyl (C=O) groups is 2. The van der Waals surface area contributed by atoms with Crippen molar-refractivity contribution in [3.05, 3.63) is 30.2 Å². The summed E-state index contributed by atoms with van der Waals surface area (Å²) in [5.41, 5.74) is -0.126. The van der Waals surface area contributed by atoms with Crippen LogP contribution in [0.15, 0.2) is 24.4 Å². The molecule has 3 heterocycles. The highest BCUT2D eigenvalue weighted by molar-refractivity contribution is 7.81. The van der Waals surface area contributed by atoms with Crippen LogP contribution in [0, 0.1) is 0 Å². The summed E-state index contributed by atoms with van der Waals surface area (Å²) in [6, 6.07) is 5.36. The van der Waals surface area contributed by atoms with Crippen molar-refractivity contribution in [3.8, 4) is 11.5 Å². The zero-order valence-corrected chi connectivity index (χ0v) is 18.8. The van der Waals surface area contributed by atoms with Crippen molar-refractivity contribution in [2.75, 3.05) is 11.4 Å². The second-order valence-corrected chi connectivity index (χ2v) is 8.81. The second kappa shape index (κ2) is 9.17. The average Bonchev–Trinajstić information content (AvgIpc) is 3.09. The van der Waals surface area contributed by atoms with Crippen molar-refractivity contribution in [1.82, 2.24) is 24.8 Å². The number of hydrogen-bond donors (Lipinski definition) is 2. The molecule has 1 fully saturated rings. The lowest BCUT2D eigenvalue weighted by molar-refractivity contribution is -0.108. The molecule has 0 aromatic carbocycles. The van der Waals surface area contributed by atoms with Gasteiger partial charge in [-0.2, -0.15) is 35.2 Å². The number of amides is 2. The van der Waals surface area contributed by atoms with Crippen LogP contribution in [0.5, 0.6) is 0 Å². The van der Waals surface area contributed by atoms with Crippen molar-refractivity contribution in [1.29, 1.82) is 0 Å². The van der Waals surface area contributed by atoms with E-state index in [9.17, 15) is 9.59 Å². The average molecular weight is 449 g/mol. The van der Waals surface area contributed by atoms with Gasteiger partial charge in [-0.3, -0.25) is 19.6 Å². The Morgan fingerprint density at radius 1 is 1.33 bits per heavy atom. The molecule has 160 valence electrons. The number of ether oxygens (including phenoxy) is 1. The minimum Gasteiger partial charge on any atom is -0.444 e. The maximum atomic E-state index is 12.7. The van der Waals surface area contributed by atoms with Crippen LogP contribution < -0.4 is 4.90 Å². The van der Waals surface area contributed by atoms with Gasteiger partial charge in [0.1, 0.15) is 23.3 Å². The lowest BCUT2D eigenvalue weighted by Gasteiger charge is -2.32. The molecule has 1 aliphatic heterocycles. The minimum absolute atomic E-state index is 0.116. The number of pyridine rings is 1. The largest absolute Gasteiger partial charge is 0.444 e. The van der Waals surface area contributed by atoms with Crippen molar-refractivity contribution >= 4 is 43.7 Å². The van der Waals surface area contributed by atoms with E-state index in [2.05, 4.69) is 45.2 Å². The molecule has 1 aliphatic rings. The third kappa shape index (κ3) is 5.20. The van der Waals surface area contributed by atoms with E-state index in [1.165, 1.54) is 9.80 Å². The van der Waals surface area contributed by atoms with Gasteiger partial charge in [0.2, 0.25) is 12.4 Å². The van der Waals surface area contributed by atoms with E-state index in [1.54, 1.807) is 39.1 Å². The van der Waals surface area contributed by atoms with Gasteiger partial charge in [-0.25, -0.2) is 9.78 Å². The second-order valence-electron chi connectivity index (χ2n) is 7.76. The number of rotatable bonds is 5. The zero-order valence-electron chi connectivity index (χ0n) is 17.0. The fourth-order valence-electron chi connectivity index (χ4n) is 3.03. The summed E-state index contributed by atoms with van der Waals surface area (Å²) in [5, 5.41) is -0.119. The van der Waals surface area contributed by atoms with Gasteiger partial charge >= 0.3 is 6.09 Å². The monoisotopic (exact) mass is 448 g/mol. The Balaban J connectivity index is 1.98. The minimum atomic E-state index is -0.666. The molecule has 0 N–H and O–H groups in total. The van der Waals surface area contributed by atoms with Gasteiger partial charge in [0, 0.05) is 24.4 Å². The molecule has 2 atom stereocenters. The molecule has 11 heteroatoms. The Hall–Kier alpha value is -2.40. The molecule has 0 bridgehead atoms. The van der Waals surface area contributed by atoms with Crippen molar-refractivity contribution < 1.29 is 14.3 Å². The first-order valence-corrected chi connectivity index (χ1v) is 10.5. The molecule has 9 nitrogen and oxygen atoms in total. The highest BCUT2D eigenvalue weighted by atomic mass is 32.1. The summed E-state index contributed by atoms with van der Waals surface area (Å²) in [6.07, 6.45) is 1.52. The Labute approximate surface area is 186 Å². The topological polar surface area (TPSA) is 101 Å². The number of carbonyl (C=O) groups excluding carboxylic acids is 2. The van der Waals surface area contributed by atoms with Gasteiger partial charge in [-0.1, -0.05) is 6.07 Å². The Morgan fingerprint density at radius 3 is 2.70 bits per heavy atom. The molecule has 2 amide bonds. The van der Waals surface area contributed by atoms with E-state index >= 15 is 0 Å². The molecule has 2 aromatic rings. The number of aromatic nitrogens is 4. The Bertz CT molecular complexity index is 909. The van der Waals surface area contributed by atoms with Gasteiger partial charge in [-0.15, -0.1) is 0 Å². The van der Waals surface area contributed by atoms with Crippen LogP contribution in [-0.2, 0) is 15.3 Å². The third-order valence-electron chi connectivity index (χ3n) is 4.25. The van der Waals surface area contributed by atoms with Gasteiger partial charge in [0.25, 0.3) is 0 Å². The predicted molar refractivity (Wildman–Crippen MR) is 118 cm³/mol. The lowest BCUT2D eigenvalue weighted by Crippen LogP contribution is -2.49. The predicted octanol–water partition coefficient (Wildman–Crippen LogP) is 2.59. The van der Waals surface area contributed by atoms with Crippen molar-refractivity contribution in [2.24, 2.45) is 0 Å². The number of hydrogen-bond acceptors (Lipinski definition) is 9. The molecule has 0 spiro atoms. The van der Waals surface area contributed by atoms with Crippen LogP contribution >= 0.6 is 25.3 Å². The first-order valence-electron chi connectivity index (χ1n) is 9.40. The van der Waals surface area contributed by atoms with Crippen LogP contribution in [0.25, 0.3) is 11.5 Å². The fraction of sp³-hybridized carbons (Fsp3) is 0.474. The van der Waals surface area contributed by atoms with E-state index in [4.69, 9.17) is 4.74 Å². The van der Waals surface area contributed by atoms with Crippen LogP contribution in [0.1, 0.15) is 33.0 Å². The summed E-state index contributed by atoms with van der Waals surface area (Å²) >= 11 is 8.77. The number of thiol groups is 2. The maximum Gasteiger partial charge on any atom is 0.411 e. The van der Waals surface area contributed by atoms with Gasteiger partial charge in [0.15, 0.2) is 5.82 Å². The molecule has 3 rings (SSSR count). The highest BCUT2D eigenvalue weighted by Crippen LogP contribution is 2.29. The lowest BCUT2D eigenvalue weighted by atomic mass is 10.2. The van der Waals surface area contributed by atoms with E-state index in [1.807, 2.05) is 6.07 Å². The van der Waals surface area contributed by atoms with E-state index in [0.29, 0.717) is 36.7 Å². The zero-order chi connectivity index (χ0) is 21.9.